The van der Waals surface area contributed by atoms with Crippen molar-refractivity contribution >= 4 is 0 Å². The van der Waals surface area contributed by atoms with Gasteiger partial charge in [-0.2, -0.15) is 0 Å². The minimum atomic E-state index is 0.884. The fourth-order valence-corrected chi connectivity index (χ4v) is 4.60. The zero-order chi connectivity index (χ0) is 15.6. The lowest BCUT2D eigenvalue weighted by Crippen LogP contribution is -2.47. The van der Waals surface area contributed by atoms with Gasteiger partial charge in [0.1, 0.15) is 5.75 Å². The number of benzene rings is 1. The third-order valence-electron chi connectivity index (χ3n) is 5.91. The number of piperazine rings is 1. The molecular formula is C20H28N2O. The van der Waals surface area contributed by atoms with Crippen molar-refractivity contribution in [2.75, 3.05) is 39.8 Å². The van der Waals surface area contributed by atoms with Gasteiger partial charge in [0.25, 0.3) is 0 Å². The van der Waals surface area contributed by atoms with Crippen LogP contribution in [0.15, 0.2) is 36.4 Å². The summed E-state index contributed by atoms with van der Waals surface area (Å²) < 4.78 is 5.33. The predicted octanol–water partition coefficient (Wildman–Crippen LogP) is 3.03. The van der Waals surface area contributed by atoms with Crippen LogP contribution in [-0.4, -0.2) is 49.6 Å². The number of ether oxygens (including phenoxy) is 1. The SMILES string of the molecule is COc1cccc(CN2CCN(C[C@H]3C[C@@H]4C=C[C@H]3C4)CC2)c1. The molecular weight excluding hydrogens is 284 g/mol. The van der Waals surface area contributed by atoms with Crippen LogP contribution >= 0.6 is 0 Å². The molecule has 0 radical (unpaired) electrons. The lowest BCUT2D eigenvalue weighted by molar-refractivity contribution is 0.108. The van der Waals surface area contributed by atoms with Gasteiger partial charge in [-0.25, -0.2) is 0 Å². The highest BCUT2D eigenvalue weighted by Gasteiger charge is 2.36. The van der Waals surface area contributed by atoms with Gasteiger partial charge in [0.2, 0.25) is 0 Å². The summed E-state index contributed by atoms with van der Waals surface area (Å²) in [7, 11) is 1.74. The number of hydrogen-bond acceptors (Lipinski definition) is 3. The summed E-state index contributed by atoms with van der Waals surface area (Å²) in [6.07, 6.45) is 7.80. The first kappa shape index (κ1) is 15.2. The molecule has 0 unspecified atom stereocenters. The number of hydrogen-bond donors (Lipinski definition) is 0. The fraction of sp³-hybridized carbons (Fsp3) is 0.600. The molecule has 1 heterocycles. The average Bonchev–Trinajstić information content (AvgIpc) is 3.20. The smallest absolute Gasteiger partial charge is 0.119 e. The molecule has 3 nitrogen and oxygen atoms in total. The van der Waals surface area contributed by atoms with Gasteiger partial charge in [0.05, 0.1) is 7.11 Å². The molecule has 1 aromatic rings. The summed E-state index contributed by atoms with van der Waals surface area (Å²) in [5.74, 6) is 3.68. The van der Waals surface area contributed by atoms with Gasteiger partial charge >= 0.3 is 0 Å². The zero-order valence-electron chi connectivity index (χ0n) is 14.2. The molecule has 124 valence electrons. The highest BCUT2D eigenvalue weighted by molar-refractivity contribution is 5.28. The van der Waals surface area contributed by atoms with Crippen LogP contribution in [0.4, 0.5) is 0 Å². The van der Waals surface area contributed by atoms with Crippen LogP contribution in [0, 0.1) is 17.8 Å². The van der Waals surface area contributed by atoms with Gasteiger partial charge < -0.3 is 9.64 Å². The van der Waals surface area contributed by atoms with Crippen molar-refractivity contribution in [2.24, 2.45) is 17.8 Å². The Balaban J connectivity index is 1.25. The maximum absolute atomic E-state index is 5.33. The number of methoxy groups -OCH3 is 1. The Morgan fingerprint density at radius 3 is 2.57 bits per heavy atom. The van der Waals surface area contributed by atoms with Gasteiger partial charge in [-0.05, 0) is 48.3 Å². The van der Waals surface area contributed by atoms with Crippen molar-refractivity contribution in [2.45, 2.75) is 19.4 Å². The molecule has 3 atom stereocenters. The average molecular weight is 312 g/mol. The summed E-state index contributed by atoms with van der Waals surface area (Å²) >= 11 is 0. The van der Waals surface area contributed by atoms with E-state index in [1.54, 1.807) is 7.11 Å². The second-order valence-corrected chi connectivity index (χ2v) is 7.47. The molecule has 3 heteroatoms. The molecule has 2 bridgehead atoms. The first-order valence-electron chi connectivity index (χ1n) is 9.06. The molecule has 23 heavy (non-hydrogen) atoms. The normalized spacial score (nSPS) is 30.9. The van der Waals surface area contributed by atoms with E-state index in [2.05, 4.69) is 40.2 Å². The Bertz CT molecular complexity index is 563. The molecule has 2 fully saturated rings. The fourth-order valence-electron chi connectivity index (χ4n) is 4.60. The molecule has 4 rings (SSSR count). The summed E-state index contributed by atoms with van der Waals surface area (Å²) in [5, 5.41) is 0. The lowest BCUT2D eigenvalue weighted by atomic mass is 9.93. The van der Waals surface area contributed by atoms with E-state index in [4.69, 9.17) is 4.74 Å². The second-order valence-electron chi connectivity index (χ2n) is 7.47. The van der Waals surface area contributed by atoms with Gasteiger partial charge in [0.15, 0.2) is 0 Å². The van der Waals surface area contributed by atoms with Gasteiger partial charge in [-0.15, -0.1) is 0 Å². The highest BCUT2D eigenvalue weighted by Crippen LogP contribution is 2.43. The Morgan fingerprint density at radius 2 is 1.87 bits per heavy atom. The van der Waals surface area contributed by atoms with E-state index in [9.17, 15) is 0 Å². The molecule has 2 aliphatic carbocycles. The Hall–Kier alpha value is -1.32. The van der Waals surface area contributed by atoms with Crippen molar-refractivity contribution in [1.29, 1.82) is 0 Å². The summed E-state index contributed by atoms with van der Waals surface area (Å²) in [4.78, 5) is 5.27. The molecule has 0 spiro atoms. The topological polar surface area (TPSA) is 15.7 Å². The Morgan fingerprint density at radius 1 is 1.04 bits per heavy atom. The molecule has 1 saturated carbocycles. The van der Waals surface area contributed by atoms with Crippen LogP contribution in [0.3, 0.4) is 0 Å². The quantitative estimate of drug-likeness (QED) is 0.777. The minimum absolute atomic E-state index is 0.884. The van der Waals surface area contributed by atoms with Crippen LogP contribution in [0.2, 0.25) is 0 Å². The van der Waals surface area contributed by atoms with Gasteiger partial charge in [0, 0.05) is 39.3 Å². The van der Waals surface area contributed by atoms with Gasteiger partial charge in [-0.3, -0.25) is 4.90 Å². The van der Waals surface area contributed by atoms with E-state index >= 15 is 0 Å². The van der Waals surface area contributed by atoms with E-state index in [1.165, 1.54) is 51.1 Å². The monoisotopic (exact) mass is 312 g/mol. The standard InChI is InChI=1S/C20H28N2O/c1-23-20-4-2-3-17(13-20)14-21-7-9-22(10-8-21)15-19-12-16-5-6-18(19)11-16/h2-6,13,16,18-19H,7-12,14-15H2,1H3/t16-,18+,19-/m1/s1. The Kier molecular flexibility index (Phi) is 4.41. The summed E-state index contributed by atoms with van der Waals surface area (Å²) in [6.45, 7) is 7.19. The van der Waals surface area contributed by atoms with Crippen molar-refractivity contribution in [3.05, 3.63) is 42.0 Å². The third kappa shape index (κ3) is 3.46. The maximum Gasteiger partial charge on any atom is 0.119 e. The van der Waals surface area contributed by atoms with E-state index in [0.717, 1.165) is 30.0 Å². The number of nitrogens with zero attached hydrogens (tertiary/aromatic N) is 2. The molecule has 1 aromatic carbocycles. The summed E-state index contributed by atoms with van der Waals surface area (Å²) in [5.41, 5.74) is 1.36. The number of rotatable bonds is 5. The summed E-state index contributed by atoms with van der Waals surface area (Å²) in [6, 6.07) is 8.47. The second kappa shape index (κ2) is 6.66. The molecule has 1 saturated heterocycles. The zero-order valence-corrected chi connectivity index (χ0v) is 14.2. The molecule has 3 aliphatic rings. The molecule has 1 aliphatic heterocycles. The van der Waals surface area contributed by atoms with Gasteiger partial charge in [-0.1, -0.05) is 24.3 Å². The number of fused-ring (bicyclic) bond motifs is 2. The van der Waals surface area contributed by atoms with Crippen molar-refractivity contribution in [3.8, 4) is 5.75 Å². The van der Waals surface area contributed by atoms with E-state index in [-0.39, 0.29) is 0 Å². The first-order chi connectivity index (χ1) is 11.3. The maximum atomic E-state index is 5.33. The Labute approximate surface area is 139 Å². The van der Waals surface area contributed by atoms with Crippen molar-refractivity contribution in [1.82, 2.24) is 9.80 Å². The van der Waals surface area contributed by atoms with E-state index in [1.807, 2.05) is 6.07 Å². The lowest BCUT2D eigenvalue weighted by Gasteiger charge is -2.37. The largest absolute Gasteiger partial charge is 0.497 e. The van der Waals surface area contributed by atoms with Crippen LogP contribution in [0.1, 0.15) is 18.4 Å². The van der Waals surface area contributed by atoms with Crippen LogP contribution in [-0.2, 0) is 6.54 Å². The van der Waals surface area contributed by atoms with Crippen LogP contribution in [0.25, 0.3) is 0 Å². The third-order valence-corrected chi connectivity index (χ3v) is 5.91. The van der Waals surface area contributed by atoms with Crippen molar-refractivity contribution < 1.29 is 4.74 Å². The molecule has 0 aromatic heterocycles. The van der Waals surface area contributed by atoms with E-state index < -0.39 is 0 Å². The van der Waals surface area contributed by atoms with Crippen LogP contribution < -0.4 is 4.74 Å². The van der Waals surface area contributed by atoms with Crippen molar-refractivity contribution in [3.63, 3.8) is 0 Å². The predicted molar refractivity (Wildman–Crippen MR) is 93.6 cm³/mol. The molecule has 0 N–H and O–H groups in total. The number of allylic oxidation sites excluding steroid dienone is 2. The first-order valence-corrected chi connectivity index (χ1v) is 9.06. The minimum Gasteiger partial charge on any atom is -0.497 e. The van der Waals surface area contributed by atoms with Crippen LogP contribution in [0.5, 0.6) is 5.75 Å². The molecule has 0 amide bonds. The van der Waals surface area contributed by atoms with E-state index in [0.29, 0.717) is 0 Å². The highest BCUT2D eigenvalue weighted by atomic mass is 16.5.